The van der Waals surface area contributed by atoms with Crippen molar-refractivity contribution in [3.05, 3.63) is 77.9 Å². The molecule has 8 nitrogen and oxygen atoms in total. The molecule has 11 heteroatoms. The standard InChI is InChI=1S/C30H28F3N5O3/c1-3-6-24(39)37-15-5-7-20(18-37)28-36-25(26-27(34)35-14-16-38(26)28)19-10-12-21(13-11-19)29(2,40)22-8-4-9-23(17-22)41-30(31,32)33/h1,4,8-14,16-17,20,40H,5-7,15,18H2,2H3,(H2,34,35)/t20-,29-/m1/s1. The van der Waals surface area contributed by atoms with Gasteiger partial charge in [-0.15, -0.1) is 19.6 Å². The molecular weight excluding hydrogens is 535 g/mol. The topological polar surface area (TPSA) is 106 Å². The Balaban J connectivity index is 1.48. The number of terminal acetylenes is 1. The van der Waals surface area contributed by atoms with Crippen molar-refractivity contribution >= 4 is 17.2 Å². The summed E-state index contributed by atoms with van der Waals surface area (Å²) < 4.78 is 44.1. The lowest BCUT2D eigenvalue weighted by Gasteiger charge is -2.31. The van der Waals surface area contributed by atoms with Crippen LogP contribution in [0.4, 0.5) is 19.0 Å². The molecule has 4 aromatic rings. The predicted octanol–water partition coefficient (Wildman–Crippen LogP) is 4.86. The summed E-state index contributed by atoms with van der Waals surface area (Å²) in [4.78, 5) is 23.4. The summed E-state index contributed by atoms with van der Waals surface area (Å²) in [5.41, 5.74) is 7.28. The predicted molar refractivity (Wildman–Crippen MR) is 147 cm³/mol. The Hall–Kier alpha value is -4.56. The number of anilines is 1. The lowest BCUT2D eigenvalue weighted by atomic mass is 9.87. The number of aromatic nitrogens is 3. The highest BCUT2D eigenvalue weighted by atomic mass is 19.4. The summed E-state index contributed by atoms with van der Waals surface area (Å²) in [6.07, 6.45) is 5.57. The van der Waals surface area contributed by atoms with Gasteiger partial charge in [0, 0.05) is 37.0 Å². The zero-order valence-electron chi connectivity index (χ0n) is 22.2. The van der Waals surface area contributed by atoms with Crippen LogP contribution in [0.3, 0.4) is 0 Å². The molecule has 0 aliphatic carbocycles. The Bertz CT molecular complexity index is 1620. The van der Waals surface area contributed by atoms with Gasteiger partial charge in [-0.25, -0.2) is 9.97 Å². The van der Waals surface area contributed by atoms with Gasteiger partial charge in [-0.3, -0.25) is 9.20 Å². The minimum absolute atomic E-state index is 0.0419. The second-order valence-corrected chi connectivity index (χ2v) is 10.1. The van der Waals surface area contributed by atoms with Crippen LogP contribution in [0.5, 0.6) is 5.75 Å². The Morgan fingerprint density at radius 1 is 1.22 bits per heavy atom. The average Bonchev–Trinajstić information content (AvgIpc) is 3.34. The van der Waals surface area contributed by atoms with Gasteiger partial charge in [-0.1, -0.05) is 42.3 Å². The molecule has 0 unspecified atom stereocenters. The van der Waals surface area contributed by atoms with E-state index in [1.165, 1.54) is 25.1 Å². The molecule has 1 aliphatic heterocycles. The number of nitrogen functional groups attached to an aromatic ring is 1. The Morgan fingerprint density at radius 2 is 1.98 bits per heavy atom. The maximum absolute atomic E-state index is 12.7. The van der Waals surface area contributed by atoms with Crippen molar-refractivity contribution in [1.82, 2.24) is 19.3 Å². The molecule has 1 amide bonds. The highest BCUT2D eigenvalue weighted by Crippen LogP contribution is 2.37. The maximum Gasteiger partial charge on any atom is 0.573 e. The van der Waals surface area contributed by atoms with Gasteiger partial charge in [-0.2, -0.15) is 0 Å². The summed E-state index contributed by atoms with van der Waals surface area (Å²) >= 11 is 0. The average molecular weight is 564 g/mol. The first kappa shape index (κ1) is 28.0. The third kappa shape index (κ3) is 5.69. The third-order valence-corrected chi connectivity index (χ3v) is 7.35. The minimum Gasteiger partial charge on any atom is -0.406 e. The van der Waals surface area contributed by atoms with Crippen LogP contribution < -0.4 is 10.5 Å². The molecule has 5 rings (SSSR count). The molecule has 1 aliphatic rings. The van der Waals surface area contributed by atoms with Crippen LogP contribution >= 0.6 is 0 Å². The normalized spacial score (nSPS) is 17.2. The van der Waals surface area contributed by atoms with Crippen LogP contribution in [-0.2, 0) is 10.4 Å². The number of rotatable bonds is 6. The molecule has 2 aromatic carbocycles. The number of hydrogen-bond donors (Lipinski definition) is 2. The number of amides is 1. The van der Waals surface area contributed by atoms with Gasteiger partial charge in [0.15, 0.2) is 0 Å². The second-order valence-electron chi connectivity index (χ2n) is 10.1. The lowest BCUT2D eigenvalue weighted by molar-refractivity contribution is -0.274. The Morgan fingerprint density at radius 3 is 2.68 bits per heavy atom. The third-order valence-electron chi connectivity index (χ3n) is 7.35. The first-order valence-electron chi connectivity index (χ1n) is 13.0. The van der Waals surface area contributed by atoms with Crippen molar-refractivity contribution in [2.75, 3.05) is 18.8 Å². The number of piperidine rings is 1. The molecule has 0 radical (unpaired) electrons. The zero-order chi connectivity index (χ0) is 29.4. The van der Waals surface area contributed by atoms with Crippen LogP contribution in [0.2, 0.25) is 0 Å². The van der Waals surface area contributed by atoms with Gasteiger partial charge in [0.05, 0.1) is 6.42 Å². The molecule has 0 saturated carbocycles. The zero-order valence-corrected chi connectivity index (χ0v) is 22.2. The van der Waals surface area contributed by atoms with Crippen molar-refractivity contribution in [1.29, 1.82) is 0 Å². The van der Waals surface area contributed by atoms with Crippen LogP contribution in [-0.4, -0.2) is 49.7 Å². The molecular formula is C30H28F3N5O3. The molecule has 0 spiro atoms. The molecule has 0 bridgehead atoms. The van der Waals surface area contributed by atoms with Crippen LogP contribution in [0.1, 0.15) is 49.1 Å². The van der Waals surface area contributed by atoms with E-state index in [4.69, 9.17) is 17.1 Å². The van der Waals surface area contributed by atoms with E-state index >= 15 is 0 Å². The van der Waals surface area contributed by atoms with Crippen LogP contribution in [0.15, 0.2) is 60.9 Å². The van der Waals surface area contributed by atoms with Gasteiger partial charge in [0.1, 0.15) is 34.2 Å². The fraction of sp³-hybridized carbons (Fsp3) is 0.300. The van der Waals surface area contributed by atoms with Gasteiger partial charge >= 0.3 is 6.36 Å². The van der Waals surface area contributed by atoms with Gasteiger partial charge in [0.25, 0.3) is 0 Å². The van der Waals surface area contributed by atoms with Gasteiger partial charge in [-0.05, 0) is 43.0 Å². The number of aliphatic hydroxyl groups is 1. The first-order chi connectivity index (χ1) is 19.5. The highest BCUT2D eigenvalue weighted by Gasteiger charge is 2.33. The minimum atomic E-state index is -4.85. The van der Waals surface area contributed by atoms with Crippen molar-refractivity contribution in [3.63, 3.8) is 0 Å². The molecule has 3 heterocycles. The number of halogens is 3. The molecule has 1 saturated heterocycles. The number of nitrogens with zero attached hydrogens (tertiary/aromatic N) is 4. The largest absolute Gasteiger partial charge is 0.573 e. The maximum atomic E-state index is 12.7. The van der Waals surface area contributed by atoms with Crippen molar-refractivity contribution in [3.8, 4) is 29.4 Å². The second kappa shape index (κ2) is 10.8. The number of carbonyl (C=O) groups excluding carboxylic acids is 1. The molecule has 41 heavy (non-hydrogen) atoms. The highest BCUT2D eigenvalue weighted by molar-refractivity contribution is 5.85. The summed E-state index contributed by atoms with van der Waals surface area (Å²) in [7, 11) is 0. The lowest BCUT2D eigenvalue weighted by Crippen LogP contribution is -2.39. The number of benzene rings is 2. The van der Waals surface area contributed by atoms with E-state index in [-0.39, 0.29) is 29.6 Å². The summed E-state index contributed by atoms with van der Waals surface area (Å²) in [6, 6.07) is 12.2. The Labute approximate surface area is 234 Å². The van der Waals surface area contributed by atoms with Gasteiger partial charge in [0.2, 0.25) is 5.91 Å². The number of alkyl halides is 3. The quantitative estimate of drug-likeness (QED) is 0.325. The molecule has 2 atom stereocenters. The molecule has 2 aromatic heterocycles. The van der Waals surface area contributed by atoms with Crippen molar-refractivity contribution < 1.29 is 27.8 Å². The SMILES string of the molecule is C#CCC(=O)N1CCC[C@@H](c2nc(-c3ccc([C@@](C)(O)c4cccc(OC(F)(F)F)c4)cc3)c3c(N)nccn23)C1. The van der Waals surface area contributed by atoms with E-state index < -0.39 is 17.7 Å². The molecule has 1 fully saturated rings. The van der Waals surface area contributed by atoms with E-state index in [9.17, 15) is 23.1 Å². The number of imidazole rings is 1. The number of nitrogens with two attached hydrogens (primary N) is 1. The number of carbonyl (C=O) groups is 1. The van der Waals surface area contributed by atoms with Crippen molar-refractivity contribution in [2.45, 2.75) is 44.1 Å². The van der Waals surface area contributed by atoms with E-state index in [0.29, 0.717) is 35.4 Å². The first-order valence-corrected chi connectivity index (χ1v) is 13.0. The van der Waals surface area contributed by atoms with E-state index in [2.05, 4.69) is 15.6 Å². The van der Waals surface area contributed by atoms with E-state index in [0.717, 1.165) is 24.7 Å². The Kier molecular flexibility index (Phi) is 7.36. The van der Waals surface area contributed by atoms with Crippen LogP contribution in [0.25, 0.3) is 16.8 Å². The van der Waals surface area contributed by atoms with E-state index in [1.807, 2.05) is 4.40 Å². The molecule has 212 valence electrons. The molecule has 3 N–H and O–H groups in total. The summed E-state index contributed by atoms with van der Waals surface area (Å²) in [5, 5.41) is 11.3. The number of hydrogen-bond acceptors (Lipinski definition) is 6. The number of ether oxygens (including phenoxy) is 1. The fourth-order valence-electron chi connectivity index (χ4n) is 5.31. The summed E-state index contributed by atoms with van der Waals surface area (Å²) in [5.74, 6) is 2.90. The van der Waals surface area contributed by atoms with Crippen molar-refractivity contribution in [2.24, 2.45) is 0 Å². The smallest absolute Gasteiger partial charge is 0.406 e. The van der Waals surface area contributed by atoms with Gasteiger partial charge < -0.3 is 20.5 Å². The summed E-state index contributed by atoms with van der Waals surface area (Å²) in [6.45, 7) is 2.63. The number of likely N-dealkylation sites (tertiary alicyclic amines) is 1. The monoisotopic (exact) mass is 563 g/mol. The van der Waals surface area contributed by atoms with Crippen LogP contribution in [0, 0.1) is 12.3 Å². The van der Waals surface area contributed by atoms with E-state index in [1.54, 1.807) is 41.6 Å². The fourth-order valence-corrected chi connectivity index (χ4v) is 5.31. The number of fused-ring (bicyclic) bond motifs is 1.